The van der Waals surface area contributed by atoms with Crippen molar-refractivity contribution in [2.24, 2.45) is 28.6 Å². The molecule has 122 valence electrons. The highest BCUT2D eigenvalue weighted by Gasteiger charge is 2.60. The maximum atomic E-state index is 12.6. The molecule has 4 aliphatic carbocycles. The van der Waals surface area contributed by atoms with Crippen LogP contribution in [0.4, 0.5) is 0 Å². The van der Waals surface area contributed by atoms with E-state index in [0.29, 0.717) is 23.5 Å². The molecule has 3 fully saturated rings. The Morgan fingerprint density at radius 2 is 1.91 bits per heavy atom. The molecular formula is C19H27BrO2. The number of aliphatic hydroxyl groups is 1. The third kappa shape index (κ3) is 1.90. The van der Waals surface area contributed by atoms with Crippen LogP contribution in [0.2, 0.25) is 0 Å². The summed E-state index contributed by atoms with van der Waals surface area (Å²) < 4.78 is 0. The highest BCUT2D eigenvalue weighted by atomic mass is 79.9. The zero-order chi connectivity index (χ0) is 15.7. The summed E-state index contributed by atoms with van der Waals surface area (Å²) in [4.78, 5) is 12.7. The highest BCUT2D eigenvalue weighted by Crippen LogP contribution is 2.64. The molecule has 2 nitrogen and oxygen atoms in total. The van der Waals surface area contributed by atoms with Crippen LogP contribution < -0.4 is 0 Å². The fourth-order valence-electron chi connectivity index (χ4n) is 6.39. The average Bonchev–Trinajstić information content (AvgIpc) is 2.72. The van der Waals surface area contributed by atoms with Gasteiger partial charge in [0.15, 0.2) is 5.78 Å². The van der Waals surface area contributed by atoms with Gasteiger partial charge in [-0.05, 0) is 68.1 Å². The molecule has 22 heavy (non-hydrogen) atoms. The van der Waals surface area contributed by atoms with Gasteiger partial charge in [-0.15, -0.1) is 0 Å². The molecule has 0 radical (unpaired) electrons. The van der Waals surface area contributed by atoms with Gasteiger partial charge in [0.05, 0.1) is 10.9 Å². The summed E-state index contributed by atoms with van der Waals surface area (Å²) in [7, 11) is 0. The quantitative estimate of drug-likeness (QED) is 0.513. The minimum atomic E-state index is -0.135. The number of ketones is 1. The Balaban J connectivity index is 1.70. The summed E-state index contributed by atoms with van der Waals surface area (Å²) in [6.07, 6.45) is 9.63. The minimum absolute atomic E-state index is 0.0765. The molecular weight excluding hydrogens is 340 g/mol. The van der Waals surface area contributed by atoms with Gasteiger partial charge in [-0.2, -0.15) is 0 Å². The van der Waals surface area contributed by atoms with Gasteiger partial charge in [0, 0.05) is 5.41 Å². The molecule has 0 amide bonds. The van der Waals surface area contributed by atoms with Crippen molar-refractivity contribution >= 4 is 21.7 Å². The normalized spacial score (nSPS) is 54.3. The number of carbonyl (C=O) groups is 1. The first kappa shape index (κ1) is 15.4. The van der Waals surface area contributed by atoms with Crippen molar-refractivity contribution in [2.75, 3.05) is 0 Å². The Bertz CT molecular complexity index is 542. The van der Waals surface area contributed by atoms with E-state index in [2.05, 4.69) is 35.9 Å². The number of hydrogen-bond donors (Lipinski definition) is 1. The maximum Gasteiger partial charge on any atom is 0.152 e. The molecule has 0 heterocycles. The van der Waals surface area contributed by atoms with Crippen molar-refractivity contribution in [1.29, 1.82) is 0 Å². The van der Waals surface area contributed by atoms with Crippen LogP contribution in [0, 0.1) is 28.6 Å². The predicted molar refractivity (Wildman–Crippen MR) is 90.8 cm³/mol. The summed E-state index contributed by atoms with van der Waals surface area (Å²) in [6.45, 7) is 4.66. The summed E-state index contributed by atoms with van der Waals surface area (Å²) in [5.41, 5.74) is 1.69. The third-order valence-electron chi connectivity index (χ3n) is 7.78. The molecule has 3 heteroatoms. The second-order valence-electron chi connectivity index (χ2n) is 8.68. The van der Waals surface area contributed by atoms with Crippen molar-refractivity contribution in [1.82, 2.24) is 0 Å². The first-order chi connectivity index (χ1) is 10.4. The fourth-order valence-corrected chi connectivity index (χ4v) is 7.32. The van der Waals surface area contributed by atoms with Gasteiger partial charge < -0.3 is 5.11 Å². The highest BCUT2D eigenvalue weighted by molar-refractivity contribution is 9.10. The molecule has 4 aliphatic rings. The number of halogens is 1. The van der Waals surface area contributed by atoms with Crippen molar-refractivity contribution in [3.8, 4) is 0 Å². The lowest BCUT2D eigenvalue weighted by molar-refractivity contribution is -0.131. The number of carbonyl (C=O) groups excluding carboxylic acids is 1. The number of Topliss-reactive ketones (excluding diaryl/α,β-unsaturated/α-hetero) is 1. The van der Waals surface area contributed by atoms with E-state index in [-0.39, 0.29) is 21.8 Å². The molecule has 4 rings (SSSR count). The van der Waals surface area contributed by atoms with Gasteiger partial charge >= 0.3 is 0 Å². The SMILES string of the molecule is CC12CCC3C(CC=C4C[C@H](O)CCC43C)C1CC(Br)C2=O. The monoisotopic (exact) mass is 366 g/mol. The predicted octanol–water partition coefficient (Wildman–Crippen LogP) is 4.25. The summed E-state index contributed by atoms with van der Waals surface area (Å²) >= 11 is 3.64. The molecule has 0 aliphatic heterocycles. The lowest BCUT2D eigenvalue weighted by Gasteiger charge is -2.56. The van der Waals surface area contributed by atoms with Crippen LogP contribution >= 0.6 is 15.9 Å². The van der Waals surface area contributed by atoms with Gasteiger partial charge in [-0.25, -0.2) is 0 Å². The number of aliphatic hydroxyl groups excluding tert-OH is 1. The molecule has 1 N–H and O–H groups in total. The molecule has 6 unspecified atom stereocenters. The van der Waals surface area contributed by atoms with E-state index >= 15 is 0 Å². The van der Waals surface area contributed by atoms with E-state index in [0.717, 1.165) is 38.5 Å². The Kier molecular flexibility index (Phi) is 3.44. The second-order valence-corrected chi connectivity index (χ2v) is 9.78. The van der Waals surface area contributed by atoms with Crippen LogP contribution in [0.15, 0.2) is 11.6 Å². The number of hydrogen-bond acceptors (Lipinski definition) is 2. The number of fused-ring (bicyclic) bond motifs is 5. The Morgan fingerprint density at radius 3 is 2.68 bits per heavy atom. The van der Waals surface area contributed by atoms with E-state index in [1.165, 1.54) is 12.0 Å². The fraction of sp³-hybridized carbons (Fsp3) is 0.842. The molecule has 0 spiro atoms. The lowest BCUT2D eigenvalue weighted by Crippen LogP contribution is -2.50. The standard InChI is InChI=1S/C19H27BrO2/c1-18-7-5-12(21)9-11(18)3-4-13-14(18)6-8-19(2)15(13)10-16(20)17(19)22/h3,12-16,21H,4-10H2,1-2H3/t12-,13?,14?,15?,16?,18?,19?/m1/s1. The van der Waals surface area contributed by atoms with E-state index in [4.69, 9.17) is 0 Å². The maximum absolute atomic E-state index is 12.6. The van der Waals surface area contributed by atoms with Crippen molar-refractivity contribution in [3.05, 3.63) is 11.6 Å². The summed E-state index contributed by atoms with van der Waals surface area (Å²) in [5, 5.41) is 10.0. The number of allylic oxidation sites excluding steroid dienone is 1. The van der Waals surface area contributed by atoms with E-state index in [1.807, 2.05) is 0 Å². The van der Waals surface area contributed by atoms with Crippen molar-refractivity contribution in [3.63, 3.8) is 0 Å². The van der Waals surface area contributed by atoms with Gasteiger partial charge in [0.1, 0.15) is 0 Å². The molecule has 0 aromatic heterocycles. The van der Waals surface area contributed by atoms with Crippen LogP contribution in [0.3, 0.4) is 0 Å². The van der Waals surface area contributed by atoms with E-state index < -0.39 is 0 Å². The first-order valence-corrected chi connectivity index (χ1v) is 9.84. The lowest BCUT2D eigenvalue weighted by atomic mass is 9.48. The van der Waals surface area contributed by atoms with Crippen molar-refractivity contribution < 1.29 is 9.90 Å². The molecule has 7 atom stereocenters. The summed E-state index contributed by atoms with van der Waals surface area (Å²) in [6, 6.07) is 0. The Hall–Kier alpha value is -0.150. The molecule has 0 bridgehead atoms. The van der Waals surface area contributed by atoms with Gasteiger partial charge in [-0.1, -0.05) is 41.4 Å². The van der Waals surface area contributed by atoms with Gasteiger partial charge in [0.25, 0.3) is 0 Å². The minimum Gasteiger partial charge on any atom is -0.393 e. The smallest absolute Gasteiger partial charge is 0.152 e. The van der Waals surface area contributed by atoms with Crippen LogP contribution in [-0.4, -0.2) is 21.8 Å². The average molecular weight is 367 g/mol. The zero-order valence-corrected chi connectivity index (χ0v) is 15.2. The van der Waals surface area contributed by atoms with Crippen molar-refractivity contribution in [2.45, 2.75) is 69.7 Å². The van der Waals surface area contributed by atoms with Crippen LogP contribution in [0.25, 0.3) is 0 Å². The first-order valence-electron chi connectivity index (χ1n) is 8.92. The van der Waals surface area contributed by atoms with Gasteiger partial charge in [0.2, 0.25) is 0 Å². The van der Waals surface area contributed by atoms with E-state index in [9.17, 15) is 9.90 Å². The molecule has 0 saturated heterocycles. The third-order valence-corrected chi connectivity index (χ3v) is 8.57. The summed E-state index contributed by atoms with van der Waals surface area (Å²) in [5.74, 6) is 2.37. The topological polar surface area (TPSA) is 37.3 Å². The van der Waals surface area contributed by atoms with Gasteiger partial charge in [-0.3, -0.25) is 4.79 Å². The molecule has 0 aromatic carbocycles. The van der Waals surface area contributed by atoms with Crippen LogP contribution in [0.5, 0.6) is 0 Å². The Morgan fingerprint density at radius 1 is 1.18 bits per heavy atom. The Labute approximate surface area is 141 Å². The second kappa shape index (κ2) is 4.92. The van der Waals surface area contributed by atoms with E-state index in [1.54, 1.807) is 0 Å². The number of alkyl halides is 1. The van der Waals surface area contributed by atoms with Crippen LogP contribution in [0.1, 0.15) is 58.8 Å². The largest absolute Gasteiger partial charge is 0.393 e. The number of rotatable bonds is 0. The zero-order valence-electron chi connectivity index (χ0n) is 13.6. The van der Waals surface area contributed by atoms with Crippen LogP contribution in [-0.2, 0) is 4.79 Å². The molecule has 3 saturated carbocycles. The molecule has 0 aromatic rings.